The molecule has 1 aromatic carbocycles. The lowest BCUT2D eigenvalue weighted by molar-refractivity contribution is -0.153. The Morgan fingerprint density at radius 2 is 1.94 bits per heavy atom. The number of aliphatic imine (C=N–C) groups is 1. The molecule has 0 aliphatic carbocycles. The summed E-state index contributed by atoms with van der Waals surface area (Å²) in [6.07, 6.45) is 2.40. The lowest BCUT2D eigenvalue weighted by Gasteiger charge is -2.31. The SMILES string of the molecule is COC(=O)N[C@H](C(=O)N1CC2(C[C@H]1C1=NC=C(c3ccc(Br)cc3)C1)OCCO2)C(C)C. The van der Waals surface area contributed by atoms with Crippen LogP contribution in [0.25, 0.3) is 5.57 Å². The Morgan fingerprint density at radius 1 is 1.25 bits per heavy atom. The number of alkyl carbamates (subject to hydrolysis) is 1. The molecule has 1 aromatic rings. The number of rotatable bonds is 5. The second kappa shape index (κ2) is 9.33. The van der Waals surface area contributed by atoms with Crippen molar-refractivity contribution in [3.63, 3.8) is 0 Å². The fraction of sp³-hybridized carbons (Fsp3) is 0.522. The number of allylic oxidation sites excluding steroid dienone is 1. The average Bonchev–Trinajstić information content (AvgIpc) is 3.52. The minimum atomic E-state index is -0.823. The molecule has 4 rings (SSSR count). The van der Waals surface area contributed by atoms with Gasteiger partial charge in [-0.05, 0) is 29.2 Å². The van der Waals surface area contributed by atoms with Gasteiger partial charge in [-0.15, -0.1) is 0 Å². The highest BCUT2D eigenvalue weighted by molar-refractivity contribution is 9.10. The molecule has 3 aliphatic rings. The highest BCUT2D eigenvalue weighted by Crippen LogP contribution is 2.38. The van der Waals surface area contributed by atoms with Crippen molar-refractivity contribution < 1.29 is 23.8 Å². The molecule has 0 unspecified atom stereocenters. The number of methoxy groups -OCH3 is 1. The molecule has 32 heavy (non-hydrogen) atoms. The topological polar surface area (TPSA) is 89.5 Å². The van der Waals surface area contributed by atoms with Crippen molar-refractivity contribution in [3.8, 4) is 0 Å². The van der Waals surface area contributed by atoms with E-state index in [2.05, 4.69) is 21.2 Å². The standard InChI is InChI=1S/C23H28BrN3O5/c1-14(2)20(26-22(29)30-3)21(28)27-13-23(31-8-9-32-23)11-19(27)18-10-16(12-25-18)15-4-6-17(24)7-5-15/h4-7,12,14,19-20H,8-11,13H2,1-3H3,(H,26,29)/t19-,20-/m0/s1. The van der Waals surface area contributed by atoms with Crippen LogP contribution in [0.1, 0.15) is 32.3 Å². The summed E-state index contributed by atoms with van der Waals surface area (Å²) < 4.78 is 17.6. The van der Waals surface area contributed by atoms with Crippen LogP contribution >= 0.6 is 15.9 Å². The van der Waals surface area contributed by atoms with Gasteiger partial charge in [-0.1, -0.05) is 41.9 Å². The Labute approximate surface area is 196 Å². The first-order valence-corrected chi connectivity index (χ1v) is 11.6. The van der Waals surface area contributed by atoms with Crippen molar-refractivity contribution in [2.24, 2.45) is 10.9 Å². The van der Waals surface area contributed by atoms with E-state index in [-0.39, 0.29) is 17.9 Å². The van der Waals surface area contributed by atoms with Gasteiger partial charge in [0, 0.05) is 29.2 Å². The number of amides is 2. The van der Waals surface area contributed by atoms with Crippen LogP contribution in [-0.2, 0) is 19.0 Å². The fourth-order valence-corrected chi connectivity index (χ4v) is 4.71. The van der Waals surface area contributed by atoms with Gasteiger partial charge in [0.2, 0.25) is 5.91 Å². The van der Waals surface area contributed by atoms with Crippen LogP contribution in [-0.4, -0.2) is 67.4 Å². The minimum Gasteiger partial charge on any atom is -0.453 e. The largest absolute Gasteiger partial charge is 0.453 e. The van der Waals surface area contributed by atoms with E-state index in [1.807, 2.05) is 44.3 Å². The molecule has 0 aromatic heterocycles. The zero-order valence-electron chi connectivity index (χ0n) is 18.5. The van der Waals surface area contributed by atoms with E-state index in [0.717, 1.165) is 21.3 Å². The second-order valence-corrected chi connectivity index (χ2v) is 9.53. The van der Waals surface area contributed by atoms with Crippen LogP contribution in [0, 0.1) is 5.92 Å². The van der Waals surface area contributed by atoms with Gasteiger partial charge in [0.15, 0.2) is 5.79 Å². The molecule has 3 aliphatic heterocycles. The number of hydrogen-bond acceptors (Lipinski definition) is 6. The van der Waals surface area contributed by atoms with E-state index in [1.54, 1.807) is 4.90 Å². The van der Waals surface area contributed by atoms with E-state index in [0.29, 0.717) is 32.6 Å². The Bertz CT molecular complexity index is 937. The van der Waals surface area contributed by atoms with Gasteiger partial charge in [-0.25, -0.2) is 4.79 Å². The zero-order valence-corrected chi connectivity index (χ0v) is 20.1. The van der Waals surface area contributed by atoms with E-state index >= 15 is 0 Å². The maximum Gasteiger partial charge on any atom is 0.407 e. The predicted octanol–water partition coefficient (Wildman–Crippen LogP) is 3.36. The Balaban J connectivity index is 1.56. The van der Waals surface area contributed by atoms with Crippen LogP contribution in [0.5, 0.6) is 0 Å². The average molecular weight is 506 g/mol. The van der Waals surface area contributed by atoms with Crippen molar-refractivity contribution in [1.29, 1.82) is 0 Å². The zero-order chi connectivity index (χ0) is 22.9. The molecule has 0 bridgehead atoms. The van der Waals surface area contributed by atoms with Crippen LogP contribution in [0.3, 0.4) is 0 Å². The number of halogens is 1. The van der Waals surface area contributed by atoms with Crippen LogP contribution in [0.15, 0.2) is 39.9 Å². The Hall–Kier alpha value is -2.23. The first-order valence-electron chi connectivity index (χ1n) is 10.8. The first kappa shape index (κ1) is 22.9. The number of benzene rings is 1. The molecule has 9 heteroatoms. The fourth-order valence-electron chi connectivity index (χ4n) is 4.44. The summed E-state index contributed by atoms with van der Waals surface area (Å²) in [6, 6.07) is 7.10. The number of carbonyl (C=O) groups excluding carboxylic acids is 2. The molecule has 2 atom stereocenters. The molecule has 8 nitrogen and oxygen atoms in total. The van der Waals surface area contributed by atoms with E-state index < -0.39 is 17.9 Å². The summed E-state index contributed by atoms with van der Waals surface area (Å²) in [7, 11) is 1.29. The molecule has 1 spiro atoms. The number of nitrogens with zero attached hydrogens (tertiary/aromatic N) is 2. The molecule has 1 N–H and O–H groups in total. The maximum absolute atomic E-state index is 13.6. The van der Waals surface area contributed by atoms with Crippen molar-refractivity contribution in [2.45, 2.75) is 44.6 Å². The molecular formula is C23H28BrN3O5. The summed E-state index contributed by atoms with van der Waals surface area (Å²) in [6.45, 7) is 5.08. The molecule has 0 saturated carbocycles. The van der Waals surface area contributed by atoms with Gasteiger partial charge in [0.25, 0.3) is 0 Å². The number of hydrogen-bond donors (Lipinski definition) is 1. The second-order valence-electron chi connectivity index (χ2n) is 8.61. The molecule has 2 fully saturated rings. The van der Waals surface area contributed by atoms with Gasteiger partial charge >= 0.3 is 6.09 Å². The number of likely N-dealkylation sites (tertiary alicyclic amines) is 1. The monoisotopic (exact) mass is 505 g/mol. The van der Waals surface area contributed by atoms with Gasteiger partial charge < -0.3 is 24.4 Å². The predicted molar refractivity (Wildman–Crippen MR) is 123 cm³/mol. The highest BCUT2D eigenvalue weighted by Gasteiger charge is 2.53. The van der Waals surface area contributed by atoms with Crippen LogP contribution in [0.4, 0.5) is 4.79 Å². The van der Waals surface area contributed by atoms with Crippen LogP contribution < -0.4 is 5.32 Å². The third-order valence-electron chi connectivity index (χ3n) is 6.14. The van der Waals surface area contributed by atoms with E-state index in [4.69, 9.17) is 19.2 Å². The molecular weight excluding hydrogens is 478 g/mol. The molecule has 3 heterocycles. The van der Waals surface area contributed by atoms with Gasteiger partial charge in [-0.3, -0.25) is 9.79 Å². The lowest BCUT2D eigenvalue weighted by atomic mass is 9.97. The van der Waals surface area contributed by atoms with Crippen molar-refractivity contribution >= 4 is 39.2 Å². The van der Waals surface area contributed by atoms with Gasteiger partial charge in [0.1, 0.15) is 6.04 Å². The number of nitrogens with one attached hydrogen (secondary N) is 1. The van der Waals surface area contributed by atoms with Crippen molar-refractivity contribution in [1.82, 2.24) is 10.2 Å². The number of carbonyl (C=O) groups is 2. The minimum absolute atomic E-state index is 0.119. The van der Waals surface area contributed by atoms with Crippen molar-refractivity contribution in [3.05, 3.63) is 40.5 Å². The summed E-state index contributed by atoms with van der Waals surface area (Å²) >= 11 is 3.47. The normalized spacial score (nSPS) is 22.8. The maximum atomic E-state index is 13.6. The third-order valence-corrected chi connectivity index (χ3v) is 6.67. The first-order chi connectivity index (χ1) is 15.3. The van der Waals surface area contributed by atoms with E-state index in [1.165, 1.54) is 7.11 Å². The number of ether oxygens (including phenoxy) is 3. The summed E-state index contributed by atoms with van der Waals surface area (Å²) in [5, 5.41) is 2.68. The Morgan fingerprint density at radius 3 is 2.56 bits per heavy atom. The lowest BCUT2D eigenvalue weighted by Crippen LogP contribution is -2.54. The quantitative estimate of drug-likeness (QED) is 0.662. The highest BCUT2D eigenvalue weighted by atomic mass is 79.9. The summed E-state index contributed by atoms with van der Waals surface area (Å²) in [5.41, 5.74) is 3.09. The van der Waals surface area contributed by atoms with Crippen molar-refractivity contribution in [2.75, 3.05) is 26.9 Å². The Kier molecular flexibility index (Phi) is 6.69. The summed E-state index contributed by atoms with van der Waals surface area (Å²) in [4.78, 5) is 31.9. The summed E-state index contributed by atoms with van der Waals surface area (Å²) in [5.74, 6) is -1.13. The van der Waals surface area contributed by atoms with Gasteiger partial charge in [-0.2, -0.15) is 0 Å². The molecule has 2 amide bonds. The molecule has 0 radical (unpaired) electrons. The smallest absolute Gasteiger partial charge is 0.407 e. The molecule has 2 saturated heterocycles. The third kappa shape index (κ3) is 4.60. The van der Waals surface area contributed by atoms with Crippen LogP contribution in [0.2, 0.25) is 0 Å². The molecule has 172 valence electrons. The van der Waals surface area contributed by atoms with E-state index in [9.17, 15) is 9.59 Å². The van der Waals surface area contributed by atoms with Gasteiger partial charge in [0.05, 0.1) is 32.9 Å².